The molecule has 126 valence electrons. The molecule has 23 heavy (non-hydrogen) atoms. The second-order valence-corrected chi connectivity index (χ2v) is 5.86. The Hall–Kier alpha value is -1.56. The molecule has 1 aromatic heterocycles. The van der Waals surface area contributed by atoms with Crippen molar-refractivity contribution in [3.05, 3.63) is 36.0 Å². The number of halogens is 1. The molecule has 1 saturated heterocycles. The zero-order valence-electron chi connectivity index (χ0n) is 13.7. The van der Waals surface area contributed by atoms with E-state index in [0.717, 1.165) is 36.6 Å². The third-order valence-electron chi connectivity index (χ3n) is 4.40. The Morgan fingerprint density at radius 1 is 1.35 bits per heavy atom. The summed E-state index contributed by atoms with van der Waals surface area (Å²) in [6.45, 7) is 3.20. The first-order valence-corrected chi connectivity index (χ1v) is 7.86. The van der Waals surface area contributed by atoms with E-state index >= 15 is 0 Å². The van der Waals surface area contributed by atoms with E-state index in [1.807, 2.05) is 18.3 Å². The lowest BCUT2D eigenvalue weighted by Gasteiger charge is -2.32. The van der Waals surface area contributed by atoms with E-state index < -0.39 is 0 Å². The van der Waals surface area contributed by atoms with Crippen LogP contribution in [0, 0.1) is 0 Å². The van der Waals surface area contributed by atoms with Crippen LogP contribution in [-0.2, 0) is 6.54 Å². The molecule has 0 saturated carbocycles. The Balaban J connectivity index is 0.00000192. The zero-order chi connectivity index (χ0) is 15.4. The van der Waals surface area contributed by atoms with Gasteiger partial charge in [0.25, 0.3) is 0 Å². The summed E-state index contributed by atoms with van der Waals surface area (Å²) in [7, 11) is 3.74. The highest BCUT2D eigenvalue weighted by molar-refractivity contribution is 5.85. The monoisotopic (exact) mass is 336 g/mol. The highest BCUT2D eigenvalue weighted by Crippen LogP contribution is 2.25. The number of hydrogen-bond acceptors (Lipinski definition) is 4. The van der Waals surface area contributed by atoms with Gasteiger partial charge < -0.3 is 10.1 Å². The first kappa shape index (κ1) is 17.8. The fraction of sp³-hybridized carbons (Fsp3) is 0.471. The Morgan fingerprint density at radius 2 is 2.13 bits per heavy atom. The molecule has 0 radical (unpaired) electrons. The van der Waals surface area contributed by atoms with Crippen molar-refractivity contribution >= 4 is 12.4 Å². The molecule has 2 aromatic rings. The maximum absolute atomic E-state index is 5.22. The minimum Gasteiger partial charge on any atom is -0.497 e. The average molecular weight is 337 g/mol. The molecule has 0 aliphatic carbocycles. The number of likely N-dealkylation sites (N-methyl/N-ethyl adjacent to an activating group) is 1. The molecule has 0 amide bonds. The van der Waals surface area contributed by atoms with Crippen LogP contribution in [0.15, 0.2) is 30.5 Å². The van der Waals surface area contributed by atoms with E-state index in [4.69, 9.17) is 4.74 Å². The van der Waals surface area contributed by atoms with Crippen LogP contribution in [0.2, 0.25) is 0 Å². The standard InChI is InChI=1S/C17H24N4O.ClH/c1-18-15-4-3-9-21(12-15)11-14-10-19-20-17(14)13-5-7-16(22-2)8-6-13;/h5-8,10,15,18H,3-4,9,11-12H2,1-2H3,(H,19,20);1H. The van der Waals surface area contributed by atoms with Crippen molar-refractivity contribution in [1.82, 2.24) is 20.4 Å². The van der Waals surface area contributed by atoms with Crippen molar-refractivity contribution in [2.45, 2.75) is 25.4 Å². The topological polar surface area (TPSA) is 53.2 Å². The second kappa shape index (κ2) is 8.34. The van der Waals surface area contributed by atoms with Gasteiger partial charge in [-0.05, 0) is 50.7 Å². The number of nitrogens with one attached hydrogen (secondary N) is 2. The van der Waals surface area contributed by atoms with Crippen LogP contribution in [0.25, 0.3) is 11.3 Å². The van der Waals surface area contributed by atoms with Gasteiger partial charge in [-0.15, -0.1) is 12.4 Å². The van der Waals surface area contributed by atoms with E-state index in [-0.39, 0.29) is 12.4 Å². The van der Waals surface area contributed by atoms with Crippen LogP contribution in [0.4, 0.5) is 0 Å². The van der Waals surface area contributed by atoms with Crippen LogP contribution < -0.4 is 10.1 Å². The number of likely N-dealkylation sites (tertiary alicyclic amines) is 1. The molecule has 1 atom stereocenters. The average Bonchev–Trinajstić information content (AvgIpc) is 3.03. The Bertz CT molecular complexity index is 599. The number of methoxy groups -OCH3 is 1. The van der Waals surface area contributed by atoms with E-state index in [9.17, 15) is 0 Å². The Morgan fingerprint density at radius 3 is 2.83 bits per heavy atom. The number of hydrogen-bond donors (Lipinski definition) is 2. The highest BCUT2D eigenvalue weighted by Gasteiger charge is 2.20. The molecule has 0 spiro atoms. The SMILES string of the molecule is CNC1CCCN(Cc2cn[nH]c2-c2ccc(OC)cc2)C1.Cl. The number of aromatic nitrogens is 2. The smallest absolute Gasteiger partial charge is 0.118 e. The number of piperidine rings is 1. The predicted molar refractivity (Wildman–Crippen MR) is 95.2 cm³/mol. The van der Waals surface area contributed by atoms with Gasteiger partial charge in [0, 0.05) is 30.3 Å². The fourth-order valence-electron chi connectivity index (χ4n) is 3.11. The maximum Gasteiger partial charge on any atom is 0.118 e. The largest absolute Gasteiger partial charge is 0.497 e. The lowest BCUT2D eigenvalue weighted by Crippen LogP contribution is -2.43. The quantitative estimate of drug-likeness (QED) is 0.881. The van der Waals surface area contributed by atoms with Gasteiger partial charge in [-0.3, -0.25) is 10.00 Å². The molecule has 0 bridgehead atoms. The molecule has 1 aliphatic heterocycles. The van der Waals surface area contributed by atoms with Gasteiger partial charge in [-0.2, -0.15) is 5.10 Å². The van der Waals surface area contributed by atoms with Crippen LogP contribution >= 0.6 is 12.4 Å². The molecule has 2 N–H and O–H groups in total. The summed E-state index contributed by atoms with van der Waals surface area (Å²) in [5.74, 6) is 0.873. The summed E-state index contributed by atoms with van der Waals surface area (Å²) in [5, 5.41) is 10.8. The van der Waals surface area contributed by atoms with Gasteiger partial charge >= 0.3 is 0 Å². The van der Waals surface area contributed by atoms with Gasteiger partial charge in [-0.1, -0.05) is 0 Å². The number of rotatable bonds is 5. The summed E-state index contributed by atoms with van der Waals surface area (Å²) < 4.78 is 5.22. The van der Waals surface area contributed by atoms with E-state index in [2.05, 4.69) is 39.6 Å². The Kier molecular flexibility index (Phi) is 6.45. The molecule has 2 heterocycles. The number of nitrogens with zero attached hydrogens (tertiary/aromatic N) is 2. The summed E-state index contributed by atoms with van der Waals surface area (Å²) >= 11 is 0. The van der Waals surface area contributed by atoms with E-state index in [0.29, 0.717) is 6.04 Å². The number of benzene rings is 1. The van der Waals surface area contributed by atoms with Gasteiger partial charge in [0.05, 0.1) is 19.0 Å². The normalized spacial score (nSPS) is 18.4. The zero-order valence-corrected chi connectivity index (χ0v) is 14.5. The Labute approximate surface area is 143 Å². The predicted octanol–water partition coefficient (Wildman–Crippen LogP) is 2.69. The third kappa shape index (κ3) is 4.25. The third-order valence-corrected chi connectivity index (χ3v) is 4.40. The van der Waals surface area contributed by atoms with Crippen molar-refractivity contribution in [2.24, 2.45) is 0 Å². The summed E-state index contributed by atoms with van der Waals surface area (Å²) in [6.07, 6.45) is 4.47. The van der Waals surface area contributed by atoms with Gasteiger partial charge in [0.15, 0.2) is 0 Å². The van der Waals surface area contributed by atoms with Crippen molar-refractivity contribution in [2.75, 3.05) is 27.2 Å². The van der Waals surface area contributed by atoms with Crippen molar-refractivity contribution in [3.63, 3.8) is 0 Å². The molecule has 1 aliphatic rings. The summed E-state index contributed by atoms with van der Waals surface area (Å²) in [5.41, 5.74) is 3.51. The van der Waals surface area contributed by atoms with Crippen molar-refractivity contribution in [3.8, 4) is 17.0 Å². The number of H-pyrrole nitrogens is 1. The molecule has 1 aromatic carbocycles. The van der Waals surface area contributed by atoms with Gasteiger partial charge in [0.1, 0.15) is 5.75 Å². The van der Waals surface area contributed by atoms with Gasteiger partial charge in [0.2, 0.25) is 0 Å². The minimum absolute atomic E-state index is 0. The van der Waals surface area contributed by atoms with E-state index in [1.54, 1.807) is 7.11 Å². The number of ether oxygens (including phenoxy) is 1. The van der Waals surface area contributed by atoms with Crippen LogP contribution in [0.3, 0.4) is 0 Å². The summed E-state index contributed by atoms with van der Waals surface area (Å²) in [6, 6.07) is 8.71. The number of aromatic amines is 1. The highest BCUT2D eigenvalue weighted by atomic mass is 35.5. The van der Waals surface area contributed by atoms with Crippen LogP contribution in [-0.4, -0.2) is 48.4 Å². The molecular formula is C17H25ClN4O. The lowest BCUT2D eigenvalue weighted by molar-refractivity contribution is 0.188. The molecule has 6 heteroatoms. The van der Waals surface area contributed by atoms with Crippen molar-refractivity contribution < 1.29 is 4.74 Å². The molecule has 5 nitrogen and oxygen atoms in total. The van der Waals surface area contributed by atoms with Crippen LogP contribution in [0.1, 0.15) is 18.4 Å². The van der Waals surface area contributed by atoms with E-state index in [1.165, 1.54) is 18.4 Å². The summed E-state index contributed by atoms with van der Waals surface area (Å²) in [4.78, 5) is 2.50. The first-order valence-electron chi connectivity index (χ1n) is 7.86. The second-order valence-electron chi connectivity index (χ2n) is 5.86. The first-order chi connectivity index (χ1) is 10.8. The van der Waals surface area contributed by atoms with Crippen LogP contribution in [0.5, 0.6) is 5.75 Å². The molecule has 1 unspecified atom stereocenters. The molecule has 1 fully saturated rings. The van der Waals surface area contributed by atoms with Crippen molar-refractivity contribution in [1.29, 1.82) is 0 Å². The molecular weight excluding hydrogens is 312 g/mol. The van der Waals surface area contributed by atoms with Gasteiger partial charge in [-0.25, -0.2) is 0 Å². The fourth-order valence-corrected chi connectivity index (χ4v) is 3.11. The minimum atomic E-state index is 0. The molecule has 3 rings (SSSR count). The maximum atomic E-state index is 5.22. The lowest BCUT2D eigenvalue weighted by atomic mass is 10.0.